The molecule has 5 nitrogen and oxygen atoms in total. The number of aryl methyl sites for hydroxylation is 1. The molecule has 2 saturated carbocycles. The monoisotopic (exact) mass is 406 g/mol. The molecule has 2 fully saturated rings. The molecular weight excluding hydrogens is 372 g/mol. The first-order chi connectivity index (χ1) is 14.7. The summed E-state index contributed by atoms with van der Waals surface area (Å²) in [5.74, 6) is 2.33. The van der Waals surface area contributed by atoms with Gasteiger partial charge in [-0.05, 0) is 44.6 Å². The summed E-state index contributed by atoms with van der Waals surface area (Å²) < 4.78 is 2.23. The van der Waals surface area contributed by atoms with Crippen molar-refractivity contribution in [2.75, 3.05) is 4.90 Å². The highest BCUT2D eigenvalue weighted by Crippen LogP contribution is 2.53. The first kappa shape index (κ1) is 19.8. The SMILES string of the molecule is CCCC(=O)N1c2nc(-c3ccccc3C)nn2C2(CCCCC2)[C@@H]2CCCC[C@@H]21. The van der Waals surface area contributed by atoms with Crippen LogP contribution in [0.5, 0.6) is 0 Å². The van der Waals surface area contributed by atoms with E-state index in [1.807, 2.05) is 0 Å². The zero-order valence-electron chi connectivity index (χ0n) is 18.4. The third kappa shape index (κ3) is 3.00. The number of rotatable bonds is 3. The smallest absolute Gasteiger partial charge is 0.231 e. The second kappa shape index (κ2) is 7.82. The molecule has 1 amide bonds. The molecule has 2 heterocycles. The minimum Gasteiger partial charge on any atom is -0.277 e. The third-order valence-corrected chi connectivity index (χ3v) is 7.82. The Kier molecular flexibility index (Phi) is 5.16. The highest BCUT2D eigenvalue weighted by molar-refractivity contribution is 5.93. The Balaban J connectivity index is 1.70. The van der Waals surface area contributed by atoms with Gasteiger partial charge in [-0.25, -0.2) is 4.68 Å². The van der Waals surface area contributed by atoms with Crippen molar-refractivity contribution < 1.29 is 4.79 Å². The molecular formula is C25H34N4O. The lowest BCUT2D eigenvalue weighted by Crippen LogP contribution is -2.61. The Labute approximate surface area is 179 Å². The Morgan fingerprint density at radius 3 is 2.63 bits per heavy atom. The minimum absolute atomic E-state index is 0.0373. The summed E-state index contributed by atoms with van der Waals surface area (Å²) in [4.78, 5) is 20.5. The number of carbonyl (C=O) groups excluding carboxylic acids is 1. The fraction of sp³-hybridized carbons (Fsp3) is 0.640. The van der Waals surface area contributed by atoms with Gasteiger partial charge in [-0.3, -0.25) is 9.69 Å². The van der Waals surface area contributed by atoms with E-state index < -0.39 is 0 Å². The lowest BCUT2D eigenvalue weighted by atomic mass is 9.64. The fourth-order valence-electron chi connectivity index (χ4n) is 6.43. The van der Waals surface area contributed by atoms with Crippen molar-refractivity contribution in [3.63, 3.8) is 0 Å². The average molecular weight is 407 g/mol. The second-order valence-electron chi connectivity index (χ2n) is 9.60. The van der Waals surface area contributed by atoms with E-state index in [-0.39, 0.29) is 17.5 Å². The molecule has 0 N–H and O–H groups in total. The summed E-state index contributed by atoms with van der Waals surface area (Å²) in [5, 5.41) is 5.15. The highest BCUT2D eigenvalue weighted by Gasteiger charge is 2.54. The van der Waals surface area contributed by atoms with Crippen LogP contribution in [-0.2, 0) is 10.3 Å². The summed E-state index contributed by atoms with van der Waals surface area (Å²) in [6.07, 6.45) is 12.4. The number of benzene rings is 1. The van der Waals surface area contributed by atoms with E-state index in [0.717, 1.165) is 30.2 Å². The molecule has 1 aliphatic heterocycles. The number of fused-ring (bicyclic) bond motifs is 4. The number of aromatic nitrogens is 3. The molecule has 1 spiro atoms. The fourth-order valence-corrected chi connectivity index (χ4v) is 6.43. The summed E-state index contributed by atoms with van der Waals surface area (Å²) in [6, 6.07) is 8.63. The first-order valence-corrected chi connectivity index (χ1v) is 12.0. The Morgan fingerprint density at radius 1 is 1.10 bits per heavy atom. The Morgan fingerprint density at radius 2 is 1.87 bits per heavy atom. The topological polar surface area (TPSA) is 51.0 Å². The molecule has 3 aliphatic rings. The van der Waals surface area contributed by atoms with Crippen LogP contribution in [-0.4, -0.2) is 26.7 Å². The van der Waals surface area contributed by atoms with Gasteiger partial charge in [0, 0.05) is 23.9 Å². The van der Waals surface area contributed by atoms with Crippen molar-refractivity contribution in [1.82, 2.24) is 14.8 Å². The van der Waals surface area contributed by atoms with Crippen molar-refractivity contribution >= 4 is 11.9 Å². The van der Waals surface area contributed by atoms with Gasteiger partial charge in [0.05, 0.1) is 5.54 Å². The molecule has 2 aromatic rings. The summed E-state index contributed by atoms with van der Waals surface area (Å²) in [7, 11) is 0. The maximum absolute atomic E-state index is 13.3. The van der Waals surface area contributed by atoms with Gasteiger partial charge in [0.1, 0.15) is 0 Å². The van der Waals surface area contributed by atoms with Gasteiger partial charge < -0.3 is 0 Å². The normalized spacial score (nSPS) is 25.1. The molecule has 160 valence electrons. The van der Waals surface area contributed by atoms with E-state index in [4.69, 9.17) is 10.1 Å². The van der Waals surface area contributed by atoms with Gasteiger partial charge in [0.2, 0.25) is 11.9 Å². The summed E-state index contributed by atoms with van der Waals surface area (Å²) in [6.45, 7) is 4.21. The van der Waals surface area contributed by atoms with Gasteiger partial charge >= 0.3 is 0 Å². The van der Waals surface area contributed by atoms with E-state index in [9.17, 15) is 4.79 Å². The molecule has 5 rings (SSSR count). The molecule has 1 aromatic heterocycles. The zero-order chi connectivity index (χ0) is 20.7. The number of amides is 1. The minimum atomic E-state index is 0.0373. The lowest BCUT2D eigenvalue weighted by molar-refractivity contribution is -0.121. The van der Waals surface area contributed by atoms with Gasteiger partial charge in [0.25, 0.3) is 0 Å². The maximum Gasteiger partial charge on any atom is 0.231 e. The molecule has 1 aromatic carbocycles. The molecule has 0 radical (unpaired) electrons. The number of anilines is 1. The molecule has 2 aliphatic carbocycles. The van der Waals surface area contributed by atoms with Crippen molar-refractivity contribution in [1.29, 1.82) is 0 Å². The van der Waals surface area contributed by atoms with Crippen LogP contribution in [0.3, 0.4) is 0 Å². The molecule has 0 saturated heterocycles. The summed E-state index contributed by atoms with van der Waals surface area (Å²) >= 11 is 0. The Hall–Kier alpha value is -2.17. The predicted molar refractivity (Wildman–Crippen MR) is 119 cm³/mol. The van der Waals surface area contributed by atoms with Crippen LogP contribution in [0.2, 0.25) is 0 Å². The molecule has 0 unspecified atom stereocenters. The van der Waals surface area contributed by atoms with E-state index in [0.29, 0.717) is 12.3 Å². The predicted octanol–water partition coefficient (Wildman–Crippen LogP) is 5.62. The largest absolute Gasteiger partial charge is 0.277 e. The van der Waals surface area contributed by atoms with Crippen LogP contribution in [0.15, 0.2) is 24.3 Å². The highest BCUT2D eigenvalue weighted by atomic mass is 16.2. The summed E-state index contributed by atoms with van der Waals surface area (Å²) in [5.41, 5.74) is 2.30. The van der Waals surface area contributed by atoms with Crippen molar-refractivity contribution in [2.24, 2.45) is 5.92 Å². The van der Waals surface area contributed by atoms with E-state index in [2.05, 4.69) is 47.7 Å². The van der Waals surface area contributed by atoms with Crippen molar-refractivity contribution in [3.05, 3.63) is 29.8 Å². The third-order valence-electron chi connectivity index (χ3n) is 7.82. The average Bonchev–Trinajstić information content (AvgIpc) is 3.21. The molecule has 0 bridgehead atoms. The quantitative estimate of drug-likeness (QED) is 0.665. The number of hydrogen-bond acceptors (Lipinski definition) is 3. The van der Waals surface area contributed by atoms with Crippen LogP contribution < -0.4 is 4.90 Å². The van der Waals surface area contributed by atoms with E-state index >= 15 is 0 Å². The van der Waals surface area contributed by atoms with Crippen molar-refractivity contribution in [2.45, 2.75) is 96.1 Å². The number of nitrogens with zero attached hydrogens (tertiary/aromatic N) is 4. The van der Waals surface area contributed by atoms with Crippen LogP contribution in [0.4, 0.5) is 5.95 Å². The standard InChI is InChI=1S/C25H34N4O/c1-3-11-22(30)28-21-15-8-7-14-20(21)25(16-9-4-10-17-25)29-24(28)26-23(27-29)19-13-6-5-12-18(19)2/h5-6,12-13,20-21H,3-4,7-11,14-17H2,1-2H3/t20-,21+/m1/s1. The number of carbonyl (C=O) groups is 1. The van der Waals surface area contributed by atoms with E-state index in [1.54, 1.807) is 0 Å². The number of hydrogen-bond donors (Lipinski definition) is 0. The van der Waals surface area contributed by atoms with Gasteiger partial charge in [0.15, 0.2) is 5.82 Å². The maximum atomic E-state index is 13.3. The zero-order valence-corrected chi connectivity index (χ0v) is 18.4. The Bertz CT molecular complexity index is 927. The van der Waals surface area contributed by atoms with Gasteiger partial charge in [-0.1, -0.05) is 63.3 Å². The van der Waals surface area contributed by atoms with Crippen LogP contribution in [0, 0.1) is 12.8 Å². The van der Waals surface area contributed by atoms with E-state index in [1.165, 1.54) is 56.9 Å². The molecule has 2 atom stereocenters. The molecule has 5 heteroatoms. The second-order valence-corrected chi connectivity index (χ2v) is 9.60. The van der Waals surface area contributed by atoms with Crippen molar-refractivity contribution in [3.8, 4) is 11.4 Å². The lowest BCUT2D eigenvalue weighted by Gasteiger charge is -2.55. The first-order valence-electron chi connectivity index (χ1n) is 12.0. The van der Waals surface area contributed by atoms with Crippen LogP contribution in [0.25, 0.3) is 11.4 Å². The molecule has 30 heavy (non-hydrogen) atoms. The van der Waals surface area contributed by atoms with Crippen LogP contribution in [0.1, 0.15) is 83.1 Å². The van der Waals surface area contributed by atoms with Gasteiger partial charge in [-0.15, -0.1) is 5.10 Å². The van der Waals surface area contributed by atoms with Gasteiger partial charge in [-0.2, -0.15) is 4.98 Å². The van der Waals surface area contributed by atoms with Crippen LogP contribution >= 0.6 is 0 Å².